The Balaban J connectivity index is 1.62. The number of fused-ring (bicyclic) bond motifs is 5. The fourth-order valence-corrected chi connectivity index (χ4v) is 6.72. The number of nitrogens with zero attached hydrogens (tertiary/aromatic N) is 2. The number of esters is 1. The molecule has 0 fully saturated rings. The monoisotopic (exact) mass is 590 g/mol. The van der Waals surface area contributed by atoms with Crippen LogP contribution in [0.2, 0.25) is 18.1 Å². The number of ether oxygens (including phenoxy) is 1. The van der Waals surface area contributed by atoms with Gasteiger partial charge in [-0.1, -0.05) is 46.5 Å². The lowest BCUT2D eigenvalue weighted by atomic mass is 9.86. The molecule has 1 aromatic carbocycles. The molecule has 4 heterocycles. The standard InChI is InChI=1S/C33H39FN2O5Si/c1-9-20-22-17-36-27(15-24-23(30(36)37)18-40-31(38)33(24,39)10-2)29(22)35-26-16-25(34)19(3)21(28(20)26)13-11-12-14-41-42(7,8)32(4,5)6/h15-16,39H,9-10,12,14,17-18H2,1-8H3/t33-/m0/s1. The van der Waals surface area contributed by atoms with Crippen molar-refractivity contribution >= 4 is 25.2 Å². The molecule has 0 unspecified atom stereocenters. The zero-order valence-electron chi connectivity index (χ0n) is 25.7. The highest BCUT2D eigenvalue weighted by molar-refractivity contribution is 6.74. The molecular weight excluding hydrogens is 551 g/mol. The van der Waals surface area contributed by atoms with E-state index in [-0.39, 0.29) is 41.3 Å². The lowest BCUT2D eigenvalue weighted by Crippen LogP contribution is -2.44. The van der Waals surface area contributed by atoms with Gasteiger partial charge in [0.25, 0.3) is 5.56 Å². The number of aliphatic hydroxyl groups is 1. The average molecular weight is 591 g/mol. The van der Waals surface area contributed by atoms with Crippen molar-refractivity contribution in [1.82, 2.24) is 9.55 Å². The minimum absolute atomic E-state index is 0.0629. The number of benzene rings is 1. The number of rotatable bonds is 5. The minimum atomic E-state index is -1.91. The molecule has 1 N–H and O–H groups in total. The average Bonchev–Trinajstić information content (AvgIpc) is 3.29. The number of aryl methyl sites for hydroxylation is 1. The molecule has 0 bridgehead atoms. The number of hydrogen-bond acceptors (Lipinski definition) is 6. The number of carbonyl (C=O) groups is 1. The summed E-state index contributed by atoms with van der Waals surface area (Å²) in [4.78, 5) is 31.0. The van der Waals surface area contributed by atoms with Crippen LogP contribution in [0.3, 0.4) is 0 Å². The van der Waals surface area contributed by atoms with E-state index in [9.17, 15) is 14.7 Å². The van der Waals surface area contributed by atoms with Crippen molar-refractivity contribution in [3.8, 4) is 23.2 Å². The van der Waals surface area contributed by atoms with E-state index in [4.69, 9.17) is 14.1 Å². The number of cyclic esters (lactones) is 1. The Kier molecular flexibility index (Phi) is 7.49. The third kappa shape index (κ3) is 4.61. The second-order valence-corrected chi connectivity index (χ2v) is 17.6. The number of hydrogen-bond donors (Lipinski definition) is 1. The number of carbonyl (C=O) groups excluding carboxylic acids is 1. The Hall–Kier alpha value is -3.32. The first-order valence-corrected chi connectivity index (χ1v) is 17.5. The summed E-state index contributed by atoms with van der Waals surface area (Å²) in [5.74, 6) is 5.28. The number of aromatic nitrogens is 2. The Morgan fingerprint density at radius 2 is 1.93 bits per heavy atom. The van der Waals surface area contributed by atoms with Gasteiger partial charge in [-0.2, -0.15) is 0 Å². The molecule has 5 rings (SSSR count). The molecule has 3 aromatic rings. The largest absolute Gasteiger partial charge is 0.458 e. The Labute approximate surface area is 247 Å². The van der Waals surface area contributed by atoms with Gasteiger partial charge in [0.15, 0.2) is 13.9 Å². The van der Waals surface area contributed by atoms with Crippen molar-refractivity contribution in [2.45, 2.75) is 97.7 Å². The van der Waals surface area contributed by atoms with Gasteiger partial charge in [-0.15, -0.1) is 0 Å². The minimum Gasteiger partial charge on any atom is -0.458 e. The summed E-state index contributed by atoms with van der Waals surface area (Å²) in [5, 5.41) is 12.1. The van der Waals surface area contributed by atoms with Crippen molar-refractivity contribution in [2.24, 2.45) is 0 Å². The first-order valence-electron chi connectivity index (χ1n) is 14.6. The lowest BCUT2D eigenvalue weighted by Gasteiger charge is -2.35. The predicted molar refractivity (Wildman–Crippen MR) is 163 cm³/mol. The van der Waals surface area contributed by atoms with E-state index in [2.05, 4.69) is 45.7 Å². The van der Waals surface area contributed by atoms with Gasteiger partial charge in [-0.3, -0.25) is 4.79 Å². The fourth-order valence-electron chi connectivity index (χ4n) is 5.67. The van der Waals surface area contributed by atoms with Crippen LogP contribution >= 0.6 is 0 Å². The van der Waals surface area contributed by atoms with Gasteiger partial charge >= 0.3 is 5.97 Å². The van der Waals surface area contributed by atoms with E-state index in [1.165, 1.54) is 6.07 Å². The van der Waals surface area contributed by atoms with Crippen LogP contribution in [0.25, 0.3) is 22.3 Å². The molecule has 0 saturated heterocycles. The summed E-state index contributed by atoms with van der Waals surface area (Å²) in [6, 6.07) is 3.10. The second kappa shape index (κ2) is 10.4. The van der Waals surface area contributed by atoms with Crippen LogP contribution in [0.1, 0.15) is 80.8 Å². The van der Waals surface area contributed by atoms with Crippen molar-refractivity contribution in [1.29, 1.82) is 0 Å². The first kappa shape index (κ1) is 30.1. The van der Waals surface area contributed by atoms with Gasteiger partial charge in [0, 0.05) is 46.7 Å². The van der Waals surface area contributed by atoms with Gasteiger partial charge in [0.05, 0.1) is 29.0 Å². The summed E-state index contributed by atoms with van der Waals surface area (Å²) in [6.07, 6.45) is 1.21. The Bertz CT molecular complexity index is 1760. The van der Waals surface area contributed by atoms with Crippen LogP contribution in [0.5, 0.6) is 0 Å². The Morgan fingerprint density at radius 3 is 2.57 bits per heavy atom. The molecule has 9 heteroatoms. The molecule has 2 aliphatic rings. The zero-order chi connectivity index (χ0) is 30.8. The molecule has 2 aliphatic heterocycles. The molecule has 0 spiro atoms. The summed E-state index contributed by atoms with van der Waals surface area (Å²) in [5.41, 5.74) is 2.70. The second-order valence-electron chi connectivity index (χ2n) is 12.8. The molecule has 0 aliphatic carbocycles. The van der Waals surface area contributed by atoms with Crippen molar-refractivity contribution in [2.75, 3.05) is 6.61 Å². The van der Waals surface area contributed by atoms with E-state index in [0.717, 1.165) is 16.5 Å². The molecule has 7 nitrogen and oxygen atoms in total. The lowest BCUT2D eigenvalue weighted by molar-refractivity contribution is -0.172. The molecule has 42 heavy (non-hydrogen) atoms. The maximum Gasteiger partial charge on any atom is 0.343 e. The summed E-state index contributed by atoms with van der Waals surface area (Å²) in [7, 11) is -1.89. The molecule has 2 aromatic heterocycles. The van der Waals surface area contributed by atoms with E-state index >= 15 is 4.39 Å². The highest BCUT2D eigenvalue weighted by Gasteiger charge is 2.45. The highest BCUT2D eigenvalue weighted by atomic mass is 28.4. The van der Waals surface area contributed by atoms with Crippen LogP contribution in [0.4, 0.5) is 4.39 Å². The quantitative estimate of drug-likeness (QED) is 0.136. The van der Waals surface area contributed by atoms with Crippen LogP contribution in [-0.4, -0.2) is 35.6 Å². The Morgan fingerprint density at radius 1 is 1.21 bits per heavy atom. The third-order valence-electron chi connectivity index (χ3n) is 9.35. The van der Waals surface area contributed by atoms with E-state index < -0.39 is 25.7 Å². The molecule has 0 radical (unpaired) electrons. The fraction of sp³-hybridized carbons (Fsp3) is 0.485. The molecular formula is C33H39FN2O5Si. The summed E-state index contributed by atoms with van der Waals surface area (Å²) in [6.45, 7) is 17.0. The SMILES string of the molecule is CCc1c2c(nc3cc(F)c(C)c(C#CCCO[Si](C)(C)C(C)(C)C)c13)-c1cc3c(c(=O)n1C2)COC(=O)[C@]3(O)CC. The number of halogens is 1. The van der Waals surface area contributed by atoms with Gasteiger partial charge in [-0.25, -0.2) is 14.2 Å². The van der Waals surface area contributed by atoms with Gasteiger partial charge in [0.1, 0.15) is 12.4 Å². The molecule has 0 saturated carbocycles. The van der Waals surface area contributed by atoms with Crippen molar-refractivity contribution in [3.63, 3.8) is 0 Å². The smallest absolute Gasteiger partial charge is 0.343 e. The van der Waals surface area contributed by atoms with E-state index in [0.29, 0.717) is 47.5 Å². The maximum atomic E-state index is 15.3. The first-order chi connectivity index (χ1) is 19.7. The third-order valence-corrected chi connectivity index (χ3v) is 13.9. The summed E-state index contributed by atoms with van der Waals surface area (Å²) >= 11 is 0. The highest BCUT2D eigenvalue weighted by Crippen LogP contribution is 2.41. The van der Waals surface area contributed by atoms with Gasteiger partial charge in [-0.05, 0) is 49.5 Å². The molecule has 1 atom stereocenters. The predicted octanol–water partition coefficient (Wildman–Crippen LogP) is 5.85. The molecule has 0 amide bonds. The van der Waals surface area contributed by atoms with Crippen LogP contribution in [-0.2, 0) is 39.1 Å². The van der Waals surface area contributed by atoms with Gasteiger partial charge in [0.2, 0.25) is 0 Å². The maximum absolute atomic E-state index is 15.3. The van der Waals surface area contributed by atoms with Crippen molar-refractivity contribution in [3.05, 3.63) is 61.7 Å². The van der Waals surface area contributed by atoms with Crippen molar-refractivity contribution < 1.29 is 23.5 Å². The van der Waals surface area contributed by atoms with Crippen LogP contribution < -0.4 is 5.56 Å². The topological polar surface area (TPSA) is 90.6 Å². The normalized spacial score (nSPS) is 17.8. The van der Waals surface area contributed by atoms with Crippen LogP contribution in [0, 0.1) is 24.6 Å². The van der Waals surface area contributed by atoms with E-state index in [1.807, 2.05) is 6.92 Å². The number of pyridine rings is 2. The summed E-state index contributed by atoms with van der Waals surface area (Å²) < 4.78 is 28.3. The van der Waals surface area contributed by atoms with E-state index in [1.54, 1.807) is 24.5 Å². The van der Waals surface area contributed by atoms with Crippen LogP contribution in [0.15, 0.2) is 16.9 Å². The zero-order valence-corrected chi connectivity index (χ0v) is 26.7. The van der Waals surface area contributed by atoms with Gasteiger partial charge < -0.3 is 18.8 Å². The molecule has 222 valence electrons.